The van der Waals surface area contributed by atoms with Gasteiger partial charge in [-0.1, -0.05) is 30.7 Å². The van der Waals surface area contributed by atoms with Gasteiger partial charge in [0.25, 0.3) is 0 Å². The lowest BCUT2D eigenvalue weighted by Crippen LogP contribution is -2.43. The second-order valence-electron chi connectivity index (χ2n) is 5.29. The summed E-state index contributed by atoms with van der Waals surface area (Å²) in [6, 6.07) is 4.21. The Kier molecular flexibility index (Phi) is 7.32. The van der Waals surface area contributed by atoms with E-state index in [9.17, 15) is 14.0 Å². The first-order valence-corrected chi connectivity index (χ1v) is 7.67. The average molecular weight is 329 g/mol. The molecule has 0 heterocycles. The Morgan fingerprint density at radius 3 is 2.68 bits per heavy atom. The van der Waals surface area contributed by atoms with Gasteiger partial charge in [0.15, 0.2) is 0 Å². The quantitative estimate of drug-likeness (QED) is 0.828. The lowest BCUT2D eigenvalue weighted by Gasteiger charge is -2.27. The minimum Gasteiger partial charge on any atom is -0.334 e. The maximum atomic E-state index is 13.3. The van der Waals surface area contributed by atoms with Crippen LogP contribution in [0.25, 0.3) is 0 Å². The van der Waals surface area contributed by atoms with Gasteiger partial charge in [-0.25, -0.2) is 9.18 Å². The topological polar surface area (TPSA) is 49.4 Å². The molecule has 1 aromatic carbocycles. The van der Waals surface area contributed by atoms with Crippen molar-refractivity contribution in [3.63, 3.8) is 0 Å². The van der Waals surface area contributed by atoms with Gasteiger partial charge in [0.1, 0.15) is 11.6 Å². The largest absolute Gasteiger partial charge is 0.334 e. The third kappa shape index (κ3) is 5.30. The molecule has 1 unspecified atom stereocenters. The molecular formula is C16H22ClFN2O2. The summed E-state index contributed by atoms with van der Waals surface area (Å²) in [4.78, 5) is 24.8. The summed E-state index contributed by atoms with van der Waals surface area (Å²) < 4.78 is 13.3. The zero-order valence-electron chi connectivity index (χ0n) is 13.2. The smallest absolute Gasteiger partial charge is 0.317 e. The van der Waals surface area contributed by atoms with E-state index in [2.05, 4.69) is 5.32 Å². The average Bonchev–Trinajstić information content (AvgIpc) is 2.48. The van der Waals surface area contributed by atoms with Crippen LogP contribution in [0.15, 0.2) is 18.2 Å². The third-order valence-corrected chi connectivity index (χ3v) is 4.05. The number of halogens is 2. The molecule has 0 radical (unpaired) electrons. The fraction of sp³-hybridized carbons (Fsp3) is 0.500. The minimum absolute atomic E-state index is 0.00752. The van der Waals surface area contributed by atoms with Gasteiger partial charge in [0.2, 0.25) is 0 Å². The number of ketones is 1. The van der Waals surface area contributed by atoms with Crippen LogP contribution in [-0.4, -0.2) is 29.8 Å². The van der Waals surface area contributed by atoms with Gasteiger partial charge in [-0.05, 0) is 31.4 Å². The van der Waals surface area contributed by atoms with Crippen LogP contribution in [-0.2, 0) is 11.3 Å². The van der Waals surface area contributed by atoms with Crippen LogP contribution in [0.4, 0.5) is 9.18 Å². The molecule has 0 aliphatic heterocycles. The van der Waals surface area contributed by atoms with E-state index in [0.717, 1.165) is 6.42 Å². The van der Waals surface area contributed by atoms with E-state index in [1.54, 1.807) is 31.0 Å². The molecule has 0 aliphatic carbocycles. The number of hydrogen-bond donors (Lipinski definition) is 1. The normalized spacial score (nSPS) is 11.9. The van der Waals surface area contributed by atoms with Crippen LogP contribution in [0, 0.1) is 5.82 Å². The minimum atomic E-state index is -0.505. The molecule has 0 saturated carbocycles. The van der Waals surface area contributed by atoms with Gasteiger partial charge in [-0.3, -0.25) is 0 Å². The van der Waals surface area contributed by atoms with Gasteiger partial charge < -0.3 is 15.0 Å². The number of rotatable bonds is 7. The molecular weight excluding hydrogens is 307 g/mol. The molecule has 0 aromatic heterocycles. The van der Waals surface area contributed by atoms with E-state index in [1.807, 2.05) is 6.92 Å². The Balaban J connectivity index is 2.59. The molecule has 0 fully saturated rings. The molecule has 22 heavy (non-hydrogen) atoms. The second kappa shape index (κ2) is 8.73. The first kappa shape index (κ1) is 18.4. The zero-order valence-corrected chi connectivity index (χ0v) is 13.9. The van der Waals surface area contributed by atoms with Crippen molar-refractivity contribution in [3.05, 3.63) is 34.6 Å². The van der Waals surface area contributed by atoms with Crippen molar-refractivity contribution in [2.24, 2.45) is 0 Å². The molecule has 1 N–H and O–H groups in total. The highest BCUT2D eigenvalue weighted by molar-refractivity contribution is 6.31. The maximum absolute atomic E-state index is 13.3. The molecule has 2 amide bonds. The molecule has 0 saturated heterocycles. The molecule has 1 rings (SSSR count). The molecule has 0 spiro atoms. The number of urea groups is 1. The monoisotopic (exact) mass is 328 g/mol. The summed E-state index contributed by atoms with van der Waals surface area (Å²) in [5.41, 5.74) is 0.528. The van der Waals surface area contributed by atoms with E-state index in [0.29, 0.717) is 18.4 Å². The Morgan fingerprint density at radius 2 is 2.09 bits per heavy atom. The van der Waals surface area contributed by atoms with E-state index >= 15 is 0 Å². The fourth-order valence-corrected chi connectivity index (χ4v) is 2.38. The Labute approximate surface area is 135 Å². The lowest BCUT2D eigenvalue weighted by molar-refractivity contribution is -0.117. The van der Waals surface area contributed by atoms with Crippen LogP contribution >= 0.6 is 11.6 Å². The van der Waals surface area contributed by atoms with Gasteiger partial charge in [-0.2, -0.15) is 0 Å². The van der Waals surface area contributed by atoms with Gasteiger partial charge in [0, 0.05) is 26.1 Å². The molecule has 1 aromatic rings. The lowest BCUT2D eigenvalue weighted by atomic mass is 10.1. The number of nitrogens with zero attached hydrogens (tertiary/aromatic N) is 1. The van der Waals surface area contributed by atoms with Crippen molar-refractivity contribution in [3.8, 4) is 0 Å². The van der Waals surface area contributed by atoms with Crippen molar-refractivity contribution in [2.75, 3.05) is 7.05 Å². The first-order valence-electron chi connectivity index (χ1n) is 7.29. The Hall–Kier alpha value is -1.62. The van der Waals surface area contributed by atoms with Crippen molar-refractivity contribution < 1.29 is 14.0 Å². The number of carbonyl (C=O) groups excluding carboxylic acids is 2. The number of hydrogen-bond acceptors (Lipinski definition) is 2. The molecule has 1 atom stereocenters. The number of carbonyl (C=O) groups is 2. The van der Waals surface area contributed by atoms with Crippen LogP contribution in [0.5, 0.6) is 0 Å². The summed E-state index contributed by atoms with van der Waals surface area (Å²) in [5, 5.41) is 2.74. The SMILES string of the molecule is CCC(CCC(C)=O)N(C)C(=O)NCc1cccc(F)c1Cl. The van der Waals surface area contributed by atoms with Crippen LogP contribution in [0.1, 0.15) is 38.7 Å². The summed E-state index contributed by atoms with van der Waals surface area (Å²) >= 11 is 5.85. The fourth-order valence-electron chi connectivity index (χ4n) is 2.19. The predicted octanol–water partition coefficient (Wildman–Crippen LogP) is 3.77. The number of Topliss-reactive ketones (excluding diaryl/α,β-unsaturated/α-hetero) is 1. The predicted molar refractivity (Wildman–Crippen MR) is 85.4 cm³/mol. The van der Waals surface area contributed by atoms with Gasteiger partial charge in [-0.15, -0.1) is 0 Å². The third-order valence-electron chi connectivity index (χ3n) is 3.63. The highest BCUT2D eigenvalue weighted by Gasteiger charge is 2.18. The number of amides is 2. The van der Waals surface area contributed by atoms with Crippen LogP contribution < -0.4 is 5.32 Å². The standard InChI is InChI=1S/C16H22ClFN2O2/c1-4-13(9-8-11(2)21)20(3)16(22)19-10-12-6-5-7-14(18)15(12)17/h5-7,13H,4,8-10H2,1-3H3,(H,19,22). The number of nitrogens with one attached hydrogen (secondary N) is 1. The van der Waals surface area contributed by atoms with Crippen molar-refractivity contribution in [2.45, 2.75) is 45.7 Å². The van der Waals surface area contributed by atoms with Crippen molar-refractivity contribution in [1.82, 2.24) is 10.2 Å². The van der Waals surface area contributed by atoms with Crippen molar-refractivity contribution >= 4 is 23.4 Å². The number of benzene rings is 1. The summed E-state index contributed by atoms with van der Waals surface area (Å²) in [7, 11) is 1.69. The highest BCUT2D eigenvalue weighted by Crippen LogP contribution is 2.19. The summed E-state index contributed by atoms with van der Waals surface area (Å²) in [5.74, 6) is -0.395. The molecule has 0 bridgehead atoms. The van der Waals surface area contributed by atoms with Gasteiger partial charge in [0.05, 0.1) is 5.02 Å². The Bertz CT molecular complexity index is 537. The zero-order chi connectivity index (χ0) is 16.7. The van der Waals surface area contributed by atoms with Crippen LogP contribution in [0.2, 0.25) is 5.02 Å². The molecule has 6 heteroatoms. The summed E-state index contributed by atoms with van der Waals surface area (Å²) in [6.07, 6.45) is 1.85. The van der Waals surface area contributed by atoms with Crippen LogP contribution in [0.3, 0.4) is 0 Å². The Morgan fingerprint density at radius 1 is 1.41 bits per heavy atom. The second-order valence-corrected chi connectivity index (χ2v) is 5.66. The van der Waals surface area contributed by atoms with Crippen molar-refractivity contribution in [1.29, 1.82) is 0 Å². The summed E-state index contributed by atoms with van der Waals surface area (Å²) in [6.45, 7) is 3.67. The van der Waals surface area contributed by atoms with E-state index < -0.39 is 5.82 Å². The van der Waals surface area contributed by atoms with E-state index in [4.69, 9.17) is 11.6 Å². The highest BCUT2D eigenvalue weighted by atomic mass is 35.5. The molecule has 4 nitrogen and oxygen atoms in total. The molecule has 0 aliphatic rings. The van der Waals surface area contributed by atoms with E-state index in [1.165, 1.54) is 6.07 Å². The molecule has 122 valence electrons. The van der Waals surface area contributed by atoms with E-state index in [-0.39, 0.29) is 29.4 Å². The maximum Gasteiger partial charge on any atom is 0.317 e. The first-order chi connectivity index (χ1) is 10.4. The van der Waals surface area contributed by atoms with Gasteiger partial charge >= 0.3 is 6.03 Å².